The highest BCUT2D eigenvalue weighted by molar-refractivity contribution is 5.86. The molecule has 0 saturated heterocycles. The van der Waals surface area contributed by atoms with E-state index in [0.29, 0.717) is 5.41 Å². The summed E-state index contributed by atoms with van der Waals surface area (Å²) in [6.45, 7) is 5.07. The van der Waals surface area contributed by atoms with Crippen LogP contribution >= 0.6 is 0 Å². The molecule has 2 fully saturated rings. The van der Waals surface area contributed by atoms with Crippen LogP contribution in [0.1, 0.15) is 64.5 Å². The first kappa shape index (κ1) is 18.0. The second-order valence-corrected chi connectivity index (χ2v) is 10.7. The third-order valence-electron chi connectivity index (χ3n) is 9.48. The minimum atomic E-state index is -0.110. The molecule has 6 atom stereocenters. The fourth-order valence-electron chi connectivity index (χ4n) is 7.85. The average Bonchev–Trinajstić information content (AvgIpc) is 3.28. The third-order valence-corrected chi connectivity index (χ3v) is 9.48. The monoisotopic (exact) mass is 387 g/mol. The van der Waals surface area contributed by atoms with Gasteiger partial charge in [0.2, 0.25) is 0 Å². The second-order valence-electron chi connectivity index (χ2n) is 10.7. The van der Waals surface area contributed by atoms with Crippen LogP contribution in [-0.4, -0.2) is 16.2 Å². The number of aromatic amines is 1. The van der Waals surface area contributed by atoms with E-state index in [9.17, 15) is 5.11 Å². The van der Waals surface area contributed by atoms with Crippen molar-refractivity contribution in [2.75, 3.05) is 0 Å². The SMILES string of the molecule is C[C@]12CC[C@H](O)CC1=CCC1C2CC[C@]2(C)C(c3cc4ccccc4[nH]3)=CCC12. The maximum Gasteiger partial charge on any atom is 0.0577 e. The van der Waals surface area contributed by atoms with Crippen LogP contribution in [0.2, 0.25) is 0 Å². The molecule has 29 heavy (non-hydrogen) atoms. The first-order valence-electron chi connectivity index (χ1n) is 11.7. The van der Waals surface area contributed by atoms with Gasteiger partial charge < -0.3 is 10.1 Å². The highest BCUT2D eigenvalue weighted by atomic mass is 16.3. The fraction of sp³-hybridized carbons (Fsp3) is 0.556. The van der Waals surface area contributed by atoms with Crippen LogP contribution in [0.15, 0.2) is 48.1 Å². The standard InChI is InChI=1S/C27H33NO/c1-26-13-11-19(29)16-18(26)7-8-20-21-9-10-23(27(21,2)14-12-22(20)26)25-15-17-5-3-4-6-24(17)28-25/h3-7,10,15,19-22,28-29H,8-9,11-14,16H2,1-2H3/t19-,20?,21?,22?,26-,27-/m0/s1. The van der Waals surface area contributed by atoms with Crippen molar-refractivity contribution in [3.05, 3.63) is 53.8 Å². The van der Waals surface area contributed by atoms with Crippen LogP contribution < -0.4 is 0 Å². The van der Waals surface area contributed by atoms with Crippen LogP contribution in [0.3, 0.4) is 0 Å². The zero-order valence-electron chi connectivity index (χ0n) is 17.7. The van der Waals surface area contributed by atoms with E-state index >= 15 is 0 Å². The summed E-state index contributed by atoms with van der Waals surface area (Å²) >= 11 is 0. The molecule has 4 aliphatic rings. The van der Waals surface area contributed by atoms with E-state index in [4.69, 9.17) is 0 Å². The van der Waals surface area contributed by atoms with Gasteiger partial charge in [0.1, 0.15) is 0 Å². The van der Waals surface area contributed by atoms with E-state index in [1.807, 2.05) is 0 Å². The number of aliphatic hydroxyl groups is 1. The quantitative estimate of drug-likeness (QED) is 0.539. The number of para-hydroxylation sites is 1. The molecule has 6 rings (SSSR count). The van der Waals surface area contributed by atoms with Gasteiger partial charge in [-0.05, 0) is 96.6 Å². The van der Waals surface area contributed by atoms with Crippen LogP contribution in [0.25, 0.3) is 16.5 Å². The third kappa shape index (κ3) is 2.45. The lowest BCUT2D eigenvalue weighted by Crippen LogP contribution is -2.49. The molecular formula is C27H33NO. The maximum absolute atomic E-state index is 10.2. The van der Waals surface area contributed by atoms with Gasteiger partial charge in [0.05, 0.1) is 6.10 Å². The summed E-state index contributed by atoms with van der Waals surface area (Å²) in [4.78, 5) is 3.72. The van der Waals surface area contributed by atoms with Gasteiger partial charge in [0.25, 0.3) is 0 Å². The zero-order chi connectivity index (χ0) is 19.8. The summed E-state index contributed by atoms with van der Waals surface area (Å²) in [5, 5.41) is 11.5. The van der Waals surface area contributed by atoms with Gasteiger partial charge in [-0.3, -0.25) is 0 Å². The Morgan fingerprint density at radius 1 is 0.966 bits per heavy atom. The van der Waals surface area contributed by atoms with Crippen molar-refractivity contribution in [1.82, 2.24) is 4.98 Å². The Balaban J connectivity index is 1.34. The van der Waals surface area contributed by atoms with E-state index in [1.165, 1.54) is 48.7 Å². The molecule has 2 saturated carbocycles. The number of benzene rings is 1. The van der Waals surface area contributed by atoms with E-state index in [0.717, 1.165) is 30.6 Å². The molecule has 1 aromatic carbocycles. The molecule has 2 nitrogen and oxygen atoms in total. The number of rotatable bonds is 1. The number of hydrogen-bond donors (Lipinski definition) is 2. The zero-order valence-corrected chi connectivity index (χ0v) is 17.7. The molecule has 1 heterocycles. The Morgan fingerprint density at radius 2 is 1.79 bits per heavy atom. The number of aromatic nitrogens is 1. The van der Waals surface area contributed by atoms with Crippen LogP contribution in [-0.2, 0) is 0 Å². The van der Waals surface area contributed by atoms with Crippen LogP contribution in [0.5, 0.6) is 0 Å². The Hall–Kier alpha value is -1.80. The molecule has 2 aromatic rings. The van der Waals surface area contributed by atoms with Crippen molar-refractivity contribution < 1.29 is 5.11 Å². The molecule has 0 aliphatic heterocycles. The smallest absolute Gasteiger partial charge is 0.0577 e. The molecule has 2 N–H and O–H groups in total. The predicted molar refractivity (Wildman–Crippen MR) is 119 cm³/mol. The first-order valence-corrected chi connectivity index (χ1v) is 11.7. The summed E-state index contributed by atoms with van der Waals surface area (Å²) in [5.41, 5.74) is 6.35. The number of H-pyrrole nitrogens is 1. The topological polar surface area (TPSA) is 36.0 Å². The molecule has 152 valence electrons. The molecule has 0 spiro atoms. The summed E-state index contributed by atoms with van der Waals surface area (Å²) in [6, 6.07) is 11.0. The minimum absolute atomic E-state index is 0.110. The number of hydrogen-bond acceptors (Lipinski definition) is 1. The molecule has 2 heteroatoms. The normalized spacial score (nSPS) is 41.3. The van der Waals surface area contributed by atoms with Crippen LogP contribution in [0.4, 0.5) is 0 Å². The van der Waals surface area contributed by atoms with Gasteiger partial charge in [0.15, 0.2) is 0 Å². The van der Waals surface area contributed by atoms with Crippen LogP contribution in [0, 0.1) is 28.6 Å². The van der Waals surface area contributed by atoms with Crippen molar-refractivity contribution >= 4 is 16.5 Å². The molecule has 0 bridgehead atoms. The molecule has 0 amide bonds. The molecule has 1 aromatic heterocycles. The number of nitrogens with one attached hydrogen (secondary N) is 1. The van der Waals surface area contributed by atoms with Crippen molar-refractivity contribution in [2.45, 2.75) is 64.9 Å². The number of aliphatic hydroxyl groups excluding tert-OH is 1. The van der Waals surface area contributed by atoms with Gasteiger partial charge in [-0.15, -0.1) is 0 Å². The maximum atomic E-state index is 10.2. The van der Waals surface area contributed by atoms with Crippen molar-refractivity contribution in [3.8, 4) is 0 Å². The predicted octanol–water partition coefficient (Wildman–Crippen LogP) is 6.48. The number of allylic oxidation sites excluding steroid dienone is 3. The lowest BCUT2D eigenvalue weighted by atomic mass is 9.47. The second kappa shape index (κ2) is 6.11. The fourth-order valence-corrected chi connectivity index (χ4v) is 7.85. The number of fused-ring (bicyclic) bond motifs is 6. The summed E-state index contributed by atoms with van der Waals surface area (Å²) < 4.78 is 0. The molecule has 0 radical (unpaired) electrons. The van der Waals surface area contributed by atoms with E-state index in [-0.39, 0.29) is 11.5 Å². The highest BCUT2D eigenvalue weighted by Crippen LogP contribution is 2.66. The summed E-state index contributed by atoms with van der Waals surface area (Å²) in [6.07, 6.45) is 13.1. The molecule has 4 aliphatic carbocycles. The van der Waals surface area contributed by atoms with Gasteiger partial charge in [0, 0.05) is 11.2 Å². The van der Waals surface area contributed by atoms with Crippen molar-refractivity contribution in [2.24, 2.45) is 28.6 Å². The minimum Gasteiger partial charge on any atom is -0.393 e. The Bertz CT molecular complexity index is 995. The van der Waals surface area contributed by atoms with Gasteiger partial charge in [-0.1, -0.05) is 49.8 Å². The highest BCUT2D eigenvalue weighted by Gasteiger charge is 2.56. The molecular weight excluding hydrogens is 354 g/mol. The molecule has 3 unspecified atom stereocenters. The summed E-state index contributed by atoms with van der Waals surface area (Å²) in [5.74, 6) is 2.34. The lowest BCUT2D eigenvalue weighted by molar-refractivity contribution is -0.0238. The van der Waals surface area contributed by atoms with Crippen molar-refractivity contribution in [1.29, 1.82) is 0 Å². The largest absolute Gasteiger partial charge is 0.393 e. The Labute approximate surface area is 174 Å². The van der Waals surface area contributed by atoms with E-state index in [1.54, 1.807) is 11.1 Å². The van der Waals surface area contributed by atoms with Gasteiger partial charge in [-0.25, -0.2) is 0 Å². The van der Waals surface area contributed by atoms with E-state index < -0.39 is 0 Å². The average molecular weight is 388 g/mol. The Morgan fingerprint density at radius 3 is 2.66 bits per heavy atom. The van der Waals surface area contributed by atoms with E-state index in [2.05, 4.69) is 61.3 Å². The van der Waals surface area contributed by atoms with Gasteiger partial charge in [-0.2, -0.15) is 0 Å². The Kier molecular flexibility index (Phi) is 3.79. The lowest BCUT2D eigenvalue weighted by Gasteiger charge is -2.57. The summed E-state index contributed by atoms with van der Waals surface area (Å²) in [7, 11) is 0. The first-order chi connectivity index (χ1) is 14.0. The van der Waals surface area contributed by atoms with Gasteiger partial charge >= 0.3 is 0 Å². The van der Waals surface area contributed by atoms with Crippen molar-refractivity contribution in [3.63, 3.8) is 0 Å².